The van der Waals surface area contributed by atoms with E-state index in [-0.39, 0.29) is 12.4 Å². The molecule has 0 spiro atoms. The van der Waals surface area contributed by atoms with Crippen LogP contribution in [0.5, 0.6) is 0 Å². The van der Waals surface area contributed by atoms with E-state index in [4.69, 9.17) is 0 Å². The van der Waals surface area contributed by atoms with Crippen molar-refractivity contribution >= 4 is 12.4 Å². The van der Waals surface area contributed by atoms with Crippen LogP contribution in [0, 0.1) is 0 Å². The maximum Gasteiger partial charge on any atom is 0.0237 e. The topological polar surface area (TPSA) is 15.3 Å². The van der Waals surface area contributed by atoms with Crippen LogP contribution in [0.4, 0.5) is 0 Å². The summed E-state index contributed by atoms with van der Waals surface area (Å²) in [6, 6.07) is 10.4. The number of rotatable bonds is 3. The summed E-state index contributed by atoms with van der Waals surface area (Å²) in [5, 5.41) is 3.76. The summed E-state index contributed by atoms with van der Waals surface area (Å²) >= 11 is 0. The van der Waals surface area contributed by atoms with Gasteiger partial charge in [0.05, 0.1) is 0 Å². The lowest BCUT2D eigenvalue weighted by Gasteiger charge is -2.25. The van der Waals surface area contributed by atoms with Crippen LogP contribution in [0.2, 0.25) is 0 Å². The Morgan fingerprint density at radius 2 is 1.84 bits per heavy atom. The minimum absolute atomic E-state index is 0. The zero-order valence-corrected chi connectivity index (χ0v) is 12.6. The molecule has 2 bridgehead atoms. The van der Waals surface area contributed by atoms with E-state index in [1.165, 1.54) is 43.5 Å². The summed E-state index contributed by atoms with van der Waals surface area (Å²) in [5.74, 6) is 0. The molecule has 2 atom stereocenters. The first-order valence-corrected chi connectivity index (χ1v) is 7.40. The molecule has 106 valence electrons. The van der Waals surface area contributed by atoms with Crippen LogP contribution < -0.4 is 5.32 Å². The van der Waals surface area contributed by atoms with E-state index >= 15 is 0 Å². The zero-order valence-electron chi connectivity index (χ0n) is 11.8. The van der Waals surface area contributed by atoms with E-state index in [2.05, 4.69) is 41.4 Å². The van der Waals surface area contributed by atoms with Crippen LogP contribution in [0.3, 0.4) is 0 Å². The second-order valence-corrected chi connectivity index (χ2v) is 5.78. The summed E-state index contributed by atoms with van der Waals surface area (Å²) in [5.41, 5.74) is 3.04. The lowest BCUT2D eigenvalue weighted by Crippen LogP contribution is -2.35. The highest BCUT2D eigenvalue weighted by atomic mass is 35.5. The molecule has 0 radical (unpaired) electrons. The summed E-state index contributed by atoms with van der Waals surface area (Å²) in [7, 11) is 0. The van der Waals surface area contributed by atoms with Gasteiger partial charge < -0.3 is 5.32 Å². The number of benzene rings is 1. The molecule has 2 nitrogen and oxygen atoms in total. The van der Waals surface area contributed by atoms with E-state index in [1.54, 1.807) is 0 Å². The largest absolute Gasteiger partial charge is 0.310 e. The van der Waals surface area contributed by atoms with Gasteiger partial charge >= 0.3 is 0 Å². The monoisotopic (exact) mass is 280 g/mol. The van der Waals surface area contributed by atoms with E-state index < -0.39 is 0 Å². The number of likely N-dealkylation sites (tertiary alicyclic amines) is 1. The summed E-state index contributed by atoms with van der Waals surface area (Å²) in [4.78, 5) is 2.64. The number of hydrogen-bond acceptors (Lipinski definition) is 2. The van der Waals surface area contributed by atoms with Crippen molar-refractivity contribution in [1.82, 2.24) is 10.2 Å². The van der Waals surface area contributed by atoms with Crippen LogP contribution in [-0.2, 0) is 13.0 Å². The number of halogens is 1. The maximum atomic E-state index is 3.76. The highest BCUT2D eigenvalue weighted by Gasteiger charge is 2.29. The highest BCUT2D eigenvalue weighted by Crippen LogP contribution is 2.22. The minimum Gasteiger partial charge on any atom is -0.310 e. The predicted octanol–water partition coefficient (Wildman–Crippen LogP) is 3.00. The third kappa shape index (κ3) is 3.50. The summed E-state index contributed by atoms with van der Waals surface area (Å²) in [6.07, 6.45) is 5.24. The fourth-order valence-corrected chi connectivity index (χ4v) is 3.46. The Balaban J connectivity index is 0.00000133. The minimum atomic E-state index is 0. The molecule has 0 saturated carbocycles. The molecule has 2 aliphatic rings. The van der Waals surface area contributed by atoms with Crippen molar-refractivity contribution in [1.29, 1.82) is 0 Å². The maximum absolute atomic E-state index is 3.76. The first-order valence-electron chi connectivity index (χ1n) is 7.40. The molecular weight excluding hydrogens is 256 g/mol. The molecule has 2 fully saturated rings. The van der Waals surface area contributed by atoms with Crippen LogP contribution in [0.15, 0.2) is 24.3 Å². The van der Waals surface area contributed by atoms with Crippen molar-refractivity contribution in [3.05, 3.63) is 35.4 Å². The number of fused-ring (bicyclic) bond motifs is 2. The average Bonchev–Trinajstić information content (AvgIpc) is 2.73. The Morgan fingerprint density at radius 3 is 2.63 bits per heavy atom. The van der Waals surface area contributed by atoms with Gasteiger partial charge in [0.1, 0.15) is 0 Å². The molecule has 3 heteroatoms. The van der Waals surface area contributed by atoms with Crippen molar-refractivity contribution in [3.63, 3.8) is 0 Å². The first-order chi connectivity index (χ1) is 8.85. The van der Waals surface area contributed by atoms with Crippen molar-refractivity contribution in [2.45, 2.75) is 51.2 Å². The van der Waals surface area contributed by atoms with E-state index in [9.17, 15) is 0 Å². The van der Waals surface area contributed by atoms with Crippen LogP contribution in [-0.4, -0.2) is 30.1 Å². The molecule has 1 N–H and O–H groups in total. The molecular formula is C16H25ClN2. The fourth-order valence-electron chi connectivity index (χ4n) is 3.46. The second-order valence-electron chi connectivity index (χ2n) is 5.78. The molecule has 3 rings (SSSR count). The van der Waals surface area contributed by atoms with E-state index in [1.807, 2.05) is 0 Å². The molecule has 2 unspecified atom stereocenters. The van der Waals surface area contributed by atoms with Gasteiger partial charge in [-0.1, -0.05) is 31.2 Å². The van der Waals surface area contributed by atoms with Gasteiger partial charge in [0.15, 0.2) is 0 Å². The van der Waals surface area contributed by atoms with Gasteiger partial charge in [-0.15, -0.1) is 12.4 Å². The van der Waals surface area contributed by atoms with Crippen molar-refractivity contribution in [2.24, 2.45) is 0 Å². The molecule has 1 aromatic carbocycles. The second kappa shape index (κ2) is 6.74. The highest BCUT2D eigenvalue weighted by molar-refractivity contribution is 5.85. The average molecular weight is 281 g/mol. The SMILES string of the molecule is CCc1ccccc1CN1CCC2CCC(C1)N2.Cl. The van der Waals surface area contributed by atoms with Gasteiger partial charge in [0.2, 0.25) is 0 Å². The Hall–Kier alpha value is -0.570. The van der Waals surface area contributed by atoms with Crippen molar-refractivity contribution in [3.8, 4) is 0 Å². The molecule has 2 saturated heterocycles. The number of nitrogens with one attached hydrogen (secondary N) is 1. The lowest BCUT2D eigenvalue weighted by atomic mass is 10.0. The summed E-state index contributed by atoms with van der Waals surface area (Å²) in [6.45, 7) is 5.88. The van der Waals surface area contributed by atoms with Crippen LogP contribution >= 0.6 is 12.4 Å². The lowest BCUT2D eigenvalue weighted by molar-refractivity contribution is 0.250. The third-order valence-corrected chi connectivity index (χ3v) is 4.50. The third-order valence-electron chi connectivity index (χ3n) is 4.50. The number of aryl methyl sites for hydroxylation is 1. The zero-order chi connectivity index (χ0) is 12.4. The van der Waals surface area contributed by atoms with E-state index in [0.29, 0.717) is 0 Å². The van der Waals surface area contributed by atoms with Crippen molar-refractivity contribution in [2.75, 3.05) is 13.1 Å². The molecule has 19 heavy (non-hydrogen) atoms. The molecule has 1 aromatic rings. The normalized spacial score (nSPS) is 26.8. The van der Waals surface area contributed by atoms with Crippen LogP contribution in [0.25, 0.3) is 0 Å². The van der Waals surface area contributed by atoms with Crippen molar-refractivity contribution < 1.29 is 0 Å². The predicted molar refractivity (Wildman–Crippen MR) is 82.9 cm³/mol. The molecule has 2 heterocycles. The van der Waals surface area contributed by atoms with Gasteiger partial charge in [-0.25, -0.2) is 0 Å². The summed E-state index contributed by atoms with van der Waals surface area (Å²) < 4.78 is 0. The molecule has 0 amide bonds. The standard InChI is InChI=1S/C16H24N2.ClH/c1-2-13-5-3-4-6-14(13)11-18-10-9-15-7-8-16(12-18)17-15;/h3-6,15-17H,2,7-12H2,1H3;1H. The van der Waals surface area contributed by atoms with Gasteiger partial charge in [0, 0.05) is 31.7 Å². The smallest absolute Gasteiger partial charge is 0.0237 e. The quantitative estimate of drug-likeness (QED) is 0.916. The van der Waals surface area contributed by atoms with Gasteiger partial charge in [-0.2, -0.15) is 0 Å². The molecule has 0 aromatic heterocycles. The van der Waals surface area contributed by atoms with Gasteiger partial charge in [-0.3, -0.25) is 4.90 Å². The Morgan fingerprint density at radius 1 is 1.11 bits per heavy atom. The van der Waals surface area contributed by atoms with E-state index in [0.717, 1.165) is 25.0 Å². The Labute approximate surface area is 123 Å². The Bertz CT molecular complexity index is 407. The number of nitrogens with zero attached hydrogens (tertiary/aromatic N) is 1. The van der Waals surface area contributed by atoms with Crippen LogP contribution in [0.1, 0.15) is 37.3 Å². The van der Waals surface area contributed by atoms with Gasteiger partial charge in [0.25, 0.3) is 0 Å². The molecule has 2 aliphatic heterocycles. The first kappa shape index (κ1) is 14.8. The molecule has 0 aliphatic carbocycles. The Kier molecular flexibility index (Phi) is 5.26. The number of hydrogen-bond donors (Lipinski definition) is 1. The fraction of sp³-hybridized carbons (Fsp3) is 0.625. The van der Waals surface area contributed by atoms with Gasteiger partial charge in [-0.05, 0) is 36.8 Å².